The van der Waals surface area contributed by atoms with E-state index in [1.807, 2.05) is 0 Å². The molecule has 2 saturated heterocycles. The van der Waals surface area contributed by atoms with Gasteiger partial charge < -0.3 is 20.1 Å². The molecular formula is C22H36N4O2. The van der Waals surface area contributed by atoms with Gasteiger partial charge in [0.15, 0.2) is 5.96 Å². The van der Waals surface area contributed by atoms with Crippen molar-refractivity contribution in [2.75, 3.05) is 46.4 Å². The van der Waals surface area contributed by atoms with Crippen LogP contribution in [-0.2, 0) is 17.8 Å². The molecule has 0 amide bonds. The molecule has 1 atom stereocenters. The Morgan fingerprint density at radius 1 is 1.14 bits per heavy atom. The Labute approximate surface area is 169 Å². The molecule has 1 aromatic rings. The number of benzene rings is 1. The first-order valence-electron chi connectivity index (χ1n) is 10.7. The molecule has 1 unspecified atom stereocenters. The maximum atomic E-state index is 9.64. The molecule has 2 fully saturated rings. The predicted octanol–water partition coefficient (Wildman–Crippen LogP) is 2.08. The third-order valence-corrected chi connectivity index (χ3v) is 5.72. The number of methoxy groups -OCH3 is 1. The Morgan fingerprint density at radius 3 is 2.54 bits per heavy atom. The van der Waals surface area contributed by atoms with Crippen LogP contribution in [0, 0.1) is 5.92 Å². The average Bonchev–Trinajstić information content (AvgIpc) is 3.17. The molecule has 0 radical (unpaired) electrons. The third kappa shape index (κ3) is 6.19. The molecule has 0 saturated carbocycles. The van der Waals surface area contributed by atoms with Gasteiger partial charge in [-0.05, 0) is 37.3 Å². The molecular weight excluding hydrogens is 352 g/mol. The number of hydrogen-bond donors (Lipinski definition) is 2. The van der Waals surface area contributed by atoms with Gasteiger partial charge in [-0.2, -0.15) is 0 Å². The van der Waals surface area contributed by atoms with Gasteiger partial charge in [-0.3, -0.25) is 4.90 Å². The van der Waals surface area contributed by atoms with Crippen molar-refractivity contribution in [3.8, 4) is 0 Å². The normalized spacial score (nSPS) is 22.0. The summed E-state index contributed by atoms with van der Waals surface area (Å²) in [6.45, 7) is 9.52. The van der Waals surface area contributed by atoms with Crippen molar-refractivity contribution in [2.45, 2.75) is 45.4 Å². The molecule has 2 N–H and O–H groups in total. The van der Waals surface area contributed by atoms with E-state index in [-0.39, 0.29) is 6.10 Å². The Morgan fingerprint density at radius 2 is 1.86 bits per heavy atom. The summed E-state index contributed by atoms with van der Waals surface area (Å²) in [5.74, 6) is 1.61. The highest BCUT2D eigenvalue weighted by Gasteiger charge is 2.24. The van der Waals surface area contributed by atoms with E-state index < -0.39 is 0 Å². The number of nitrogens with zero attached hydrogens (tertiary/aromatic N) is 3. The standard InChI is InChI=1S/C22H36N4O2/c1-3-23-22(26-13-8-20(16-26)17-28-2)24-14-18-4-6-19(7-5-18)15-25-11-9-21(27)10-12-25/h4-7,20-21,27H,3,8-17H2,1-2H3,(H,23,24). The van der Waals surface area contributed by atoms with Crippen molar-refractivity contribution in [3.05, 3.63) is 35.4 Å². The van der Waals surface area contributed by atoms with Gasteiger partial charge in [0.25, 0.3) is 0 Å². The van der Waals surface area contributed by atoms with Crippen LogP contribution in [0.5, 0.6) is 0 Å². The lowest BCUT2D eigenvalue weighted by Gasteiger charge is -2.29. The fourth-order valence-corrected chi connectivity index (χ4v) is 4.07. The van der Waals surface area contributed by atoms with Gasteiger partial charge in [-0.15, -0.1) is 0 Å². The Hall–Kier alpha value is -1.63. The number of aliphatic imine (C=N–C) groups is 1. The minimum absolute atomic E-state index is 0.109. The van der Waals surface area contributed by atoms with Crippen molar-refractivity contribution in [2.24, 2.45) is 10.9 Å². The van der Waals surface area contributed by atoms with Crippen molar-refractivity contribution < 1.29 is 9.84 Å². The molecule has 2 aliphatic heterocycles. The third-order valence-electron chi connectivity index (χ3n) is 5.72. The molecule has 0 aromatic heterocycles. The van der Waals surface area contributed by atoms with Crippen LogP contribution in [-0.4, -0.2) is 73.4 Å². The van der Waals surface area contributed by atoms with Gasteiger partial charge in [-0.1, -0.05) is 24.3 Å². The fourth-order valence-electron chi connectivity index (χ4n) is 4.07. The van der Waals surface area contributed by atoms with Crippen LogP contribution in [0.2, 0.25) is 0 Å². The summed E-state index contributed by atoms with van der Waals surface area (Å²) < 4.78 is 5.31. The van der Waals surface area contributed by atoms with Crippen LogP contribution in [0.15, 0.2) is 29.3 Å². The summed E-state index contributed by atoms with van der Waals surface area (Å²) in [7, 11) is 1.78. The zero-order valence-electron chi connectivity index (χ0n) is 17.4. The molecule has 6 heteroatoms. The van der Waals surface area contributed by atoms with Gasteiger partial charge in [-0.25, -0.2) is 4.99 Å². The molecule has 0 bridgehead atoms. The topological polar surface area (TPSA) is 60.3 Å². The van der Waals surface area contributed by atoms with Gasteiger partial charge in [0.05, 0.1) is 19.3 Å². The minimum Gasteiger partial charge on any atom is -0.393 e. The van der Waals surface area contributed by atoms with E-state index in [9.17, 15) is 5.11 Å². The van der Waals surface area contributed by atoms with Gasteiger partial charge in [0, 0.05) is 52.3 Å². The van der Waals surface area contributed by atoms with E-state index in [1.54, 1.807) is 7.11 Å². The number of aliphatic hydroxyl groups excluding tert-OH is 1. The van der Waals surface area contributed by atoms with Crippen LogP contribution < -0.4 is 5.32 Å². The largest absolute Gasteiger partial charge is 0.393 e. The van der Waals surface area contributed by atoms with E-state index >= 15 is 0 Å². The van der Waals surface area contributed by atoms with Crippen LogP contribution in [0.25, 0.3) is 0 Å². The number of guanidine groups is 1. The lowest BCUT2D eigenvalue weighted by atomic mass is 10.1. The molecule has 2 heterocycles. The molecule has 28 heavy (non-hydrogen) atoms. The van der Waals surface area contributed by atoms with Crippen molar-refractivity contribution in [1.82, 2.24) is 15.1 Å². The lowest BCUT2D eigenvalue weighted by Crippen LogP contribution is -2.40. The van der Waals surface area contributed by atoms with E-state index in [0.29, 0.717) is 12.5 Å². The second kappa shape index (κ2) is 10.8. The number of aliphatic hydroxyl groups is 1. The second-order valence-corrected chi connectivity index (χ2v) is 8.05. The van der Waals surface area contributed by atoms with Crippen molar-refractivity contribution in [1.29, 1.82) is 0 Å². The Bertz CT molecular complexity index is 611. The van der Waals surface area contributed by atoms with E-state index in [4.69, 9.17) is 9.73 Å². The summed E-state index contributed by atoms with van der Waals surface area (Å²) in [6, 6.07) is 8.82. The summed E-state index contributed by atoms with van der Waals surface area (Å²) in [6.07, 6.45) is 2.84. The maximum Gasteiger partial charge on any atom is 0.194 e. The first-order valence-corrected chi connectivity index (χ1v) is 10.7. The highest BCUT2D eigenvalue weighted by atomic mass is 16.5. The van der Waals surface area contributed by atoms with Crippen molar-refractivity contribution >= 4 is 5.96 Å². The molecule has 2 aliphatic rings. The van der Waals surface area contributed by atoms with E-state index in [1.165, 1.54) is 17.5 Å². The summed E-state index contributed by atoms with van der Waals surface area (Å²) >= 11 is 0. The highest BCUT2D eigenvalue weighted by molar-refractivity contribution is 5.80. The maximum absolute atomic E-state index is 9.64. The smallest absolute Gasteiger partial charge is 0.194 e. The minimum atomic E-state index is -0.109. The second-order valence-electron chi connectivity index (χ2n) is 8.05. The molecule has 156 valence electrons. The molecule has 0 spiro atoms. The summed E-state index contributed by atoms with van der Waals surface area (Å²) in [5.41, 5.74) is 2.57. The van der Waals surface area contributed by atoms with E-state index in [2.05, 4.69) is 46.3 Å². The van der Waals surface area contributed by atoms with Gasteiger partial charge in [0.1, 0.15) is 0 Å². The first-order chi connectivity index (χ1) is 13.7. The van der Waals surface area contributed by atoms with Crippen LogP contribution in [0.3, 0.4) is 0 Å². The van der Waals surface area contributed by atoms with Gasteiger partial charge in [0.2, 0.25) is 0 Å². The van der Waals surface area contributed by atoms with E-state index in [0.717, 1.165) is 64.7 Å². The fraction of sp³-hybridized carbons (Fsp3) is 0.682. The molecule has 1 aromatic carbocycles. The zero-order valence-corrected chi connectivity index (χ0v) is 17.4. The van der Waals surface area contributed by atoms with Crippen molar-refractivity contribution in [3.63, 3.8) is 0 Å². The number of ether oxygens (including phenoxy) is 1. The summed E-state index contributed by atoms with van der Waals surface area (Å²) in [5, 5.41) is 13.1. The average molecular weight is 389 g/mol. The zero-order chi connectivity index (χ0) is 19.8. The summed E-state index contributed by atoms with van der Waals surface area (Å²) in [4.78, 5) is 9.64. The highest BCUT2D eigenvalue weighted by Crippen LogP contribution is 2.17. The van der Waals surface area contributed by atoms with Gasteiger partial charge >= 0.3 is 0 Å². The molecule has 0 aliphatic carbocycles. The Balaban J connectivity index is 1.53. The molecule has 3 rings (SSSR count). The quantitative estimate of drug-likeness (QED) is 0.553. The number of piperidine rings is 1. The first kappa shape index (κ1) is 21.1. The number of hydrogen-bond acceptors (Lipinski definition) is 4. The predicted molar refractivity (Wildman–Crippen MR) is 113 cm³/mol. The number of nitrogens with one attached hydrogen (secondary N) is 1. The van der Waals surface area contributed by atoms with Crippen LogP contribution in [0.4, 0.5) is 0 Å². The lowest BCUT2D eigenvalue weighted by molar-refractivity contribution is 0.0792. The monoisotopic (exact) mass is 388 g/mol. The van der Waals surface area contributed by atoms with Crippen LogP contribution in [0.1, 0.15) is 37.3 Å². The molecule has 6 nitrogen and oxygen atoms in total. The SMILES string of the molecule is CCNC(=NCc1ccc(CN2CCC(O)CC2)cc1)N1CCC(COC)C1. The van der Waals surface area contributed by atoms with Crippen LogP contribution >= 0.6 is 0 Å². The number of rotatable bonds is 7. The number of likely N-dealkylation sites (tertiary alicyclic amines) is 2. The Kier molecular flexibility index (Phi) is 8.13.